The van der Waals surface area contributed by atoms with Crippen molar-refractivity contribution in [1.82, 2.24) is 9.97 Å². The number of nitrogens with one attached hydrogen (secondary N) is 1. The molecule has 0 saturated heterocycles. The molecule has 23 heavy (non-hydrogen) atoms. The number of Topliss-reactive ketones (excluding diaryl/α,β-unsaturated/α-hetero) is 1. The molecule has 5 nitrogen and oxygen atoms in total. The molecule has 2 aromatic heterocycles. The number of aromatic nitrogens is 2. The molecule has 0 radical (unpaired) electrons. The normalized spacial score (nSPS) is 10.7. The molecule has 0 saturated carbocycles. The lowest BCUT2D eigenvalue weighted by Gasteiger charge is -2.04. The van der Waals surface area contributed by atoms with Gasteiger partial charge in [-0.3, -0.25) is 9.59 Å². The smallest absolute Gasteiger partial charge is 0.221 e. The van der Waals surface area contributed by atoms with Gasteiger partial charge in [0.15, 0.2) is 5.78 Å². The maximum absolute atomic E-state index is 12.3. The van der Waals surface area contributed by atoms with Gasteiger partial charge < -0.3 is 5.32 Å². The van der Waals surface area contributed by atoms with Crippen LogP contribution in [-0.2, 0) is 4.79 Å². The van der Waals surface area contributed by atoms with Gasteiger partial charge in [-0.25, -0.2) is 9.97 Å². The second kappa shape index (κ2) is 6.89. The van der Waals surface area contributed by atoms with Crippen LogP contribution in [0, 0.1) is 0 Å². The second-order valence-corrected chi connectivity index (χ2v) is 6.65. The van der Waals surface area contributed by atoms with Crippen molar-refractivity contribution in [3.63, 3.8) is 0 Å². The summed E-state index contributed by atoms with van der Waals surface area (Å²) in [6.45, 7) is 1.45. The summed E-state index contributed by atoms with van der Waals surface area (Å²) in [5, 5.41) is 6.44. The number of carbonyl (C=O) groups excluding carboxylic acids is 2. The summed E-state index contributed by atoms with van der Waals surface area (Å²) in [6.07, 6.45) is 1.52. The van der Waals surface area contributed by atoms with Crippen LogP contribution in [-0.4, -0.2) is 27.4 Å². The molecule has 0 aliphatic heterocycles. The van der Waals surface area contributed by atoms with Crippen LogP contribution >= 0.6 is 23.1 Å². The minimum Gasteiger partial charge on any atom is -0.326 e. The summed E-state index contributed by atoms with van der Waals surface area (Å²) in [5.74, 6) is 0.191. The van der Waals surface area contributed by atoms with Gasteiger partial charge in [-0.05, 0) is 35.7 Å². The molecule has 0 aliphatic rings. The largest absolute Gasteiger partial charge is 0.326 e. The van der Waals surface area contributed by atoms with Crippen molar-refractivity contribution in [2.24, 2.45) is 0 Å². The Morgan fingerprint density at radius 2 is 1.96 bits per heavy atom. The SMILES string of the molecule is CC(=O)Nc1ccc(C(=O)CSc2ncnc3sccc23)cc1. The highest BCUT2D eigenvalue weighted by atomic mass is 32.2. The van der Waals surface area contributed by atoms with Gasteiger partial charge in [-0.2, -0.15) is 0 Å². The molecule has 1 N–H and O–H groups in total. The molecule has 0 bridgehead atoms. The highest BCUT2D eigenvalue weighted by Gasteiger charge is 2.10. The number of amides is 1. The maximum Gasteiger partial charge on any atom is 0.221 e. The van der Waals surface area contributed by atoms with Crippen LogP contribution in [0.2, 0.25) is 0 Å². The van der Waals surface area contributed by atoms with Gasteiger partial charge in [0.05, 0.1) is 5.75 Å². The summed E-state index contributed by atoms with van der Waals surface area (Å²) in [6, 6.07) is 8.85. The zero-order chi connectivity index (χ0) is 16.2. The van der Waals surface area contributed by atoms with Crippen molar-refractivity contribution >= 4 is 50.7 Å². The number of carbonyl (C=O) groups is 2. The minimum atomic E-state index is -0.136. The molecule has 2 heterocycles. The molecule has 0 aliphatic carbocycles. The monoisotopic (exact) mass is 343 g/mol. The number of thiophene rings is 1. The molecule has 3 rings (SSSR count). The molecule has 1 aromatic carbocycles. The number of thioether (sulfide) groups is 1. The Morgan fingerprint density at radius 3 is 2.70 bits per heavy atom. The first-order valence-electron chi connectivity index (χ1n) is 6.85. The van der Waals surface area contributed by atoms with E-state index in [9.17, 15) is 9.59 Å². The fourth-order valence-corrected chi connectivity index (χ4v) is 3.72. The number of hydrogen-bond acceptors (Lipinski definition) is 6. The van der Waals surface area contributed by atoms with E-state index in [0.717, 1.165) is 15.2 Å². The lowest BCUT2D eigenvalue weighted by molar-refractivity contribution is -0.114. The summed E-state index contributed by atoms with van der Waals surface area (Å²) in [4.78, 5) is 32.6. The minimum absolute atomic E-state index is 0.0198. The van der Waals surface area contributed by atoms with Crippen LogP contribution in [0.15, 0.2) is 47.1 Å². The molecule has 7 heteroatoms. The van der Waals surface area contributed by atoms with E-state index in [2.05, 4.69) is 15.3 Å². The number of benzene rings is 1. The third-order valence-corrected chi connectivity index (χ3v) is 4.92. The average molecular weight is 343 g/mol. The molecule has 116 valence electrons. The summed E-state index contributed by atoms with van der Waals surface area (Å²) in [7, 11) is 0. The topological polar surface area (TPSA) is 72.0 Å². The summed E-state index contributed by atoms with van der Waals surface area (Å²) >= 11 is 2.96. The van der Waals surface area contributed by atoms with Gasteiger partial charge >= 0.3 is 0 Å². The second-order valence-electron chi connectivity index (χ2n) is 4.79. The molecular formula is C16H13N3O2S2. The third-order valence-electron chi connectivity index (χ3n) is 3.09. The average Bonchev–Trinajstić information content (AvgIpc) is 3.02. The van der Waals surface area contributed by atoms with E-state index in [4.69, 9.17) is 0 Å². The summed E-state index contributed by atoms with van der Waals surface area (Å²) < 4.78 is 0. The van der Waals surface area contributed by atoms with Gasteiger partial charge in [0.2, 0.25) is 5.91 Å². The van der Waals surface area contributed by atoms with E-state index in [1.807, 2.05) is 11.4 Å². The fourth-order valence-electron chi connectivity index (χ4n) is 2.04. The Hall–Kier alpha value is -2.25. The van der Waals surface area contributed by atoms with Crippen molar-refractivity contribution < 1.29 is 9.59 Å². The molecule has 0 atom stereocenters. The van der Waals surface area contributed by atoms with Gasteiger partial charge in [0.25, 0.3) is 0 Å². The molecule has 3 aromatic rings. The van der Waals surface area contributed by atoms with Gasteiger partial charge in [0.1, 0.15) is 16.2 Å². The van der Waals surface area contributed by atoms with Gasteiger partial charge in [-0.1, -0.05) is 11.8 Å². The highest BCUT2D eigenvalue weighted by molar-refractivity contribution is 8.00. The number of hydrogen-bond donors (Lipinski definition) is 1. The lowest BCUT2D eigenvalue weighted by atomic mass is 10.1. The van der Waals surface area contributed by atoms with E-state index >= 15 is 0 Å². The first kappa shape index (κ1) is 15.6. The fraction of sp³-hybridized carbons (Fsp3) is 0.125. The van der Waals surface area contributed by atoms with Gasteiger partial charge in [-0.15, -0.1) is 11.3 Å². The summed E-state index contributed by atoms with van der Waals surface area (Å²) in [5.41, 5.74) is 1.29. The van der Waals surface area contributed by atoms with Crippen molar-refractivity contribution in [2.45, 2.75) is 11.9 Å². The van der Waals surface area contributed by atoms with Crippen LogP contribution in [0.1, 0.15) is 17.3 Å². The molecule has 0 spiro atoms. The van der Waals surface area contributed by atoms with Crippen LogP contribution in [0.5, 0.6) is 0 Å². The molecule has 0 unspecified atom stereocenters. The van der Waals surface area contributed by atoms with Gasteiger partial charge in [0, 0.05) is 23.6 Å². The van der Waals surface area contributed by atoms with Crippen LogP contribution in [0.3, 0.4) is 0 Å². The maximum atomic E-state index is 12.3. The predicted octanol–water partition coefficient (Wildman–Crippen LogP) is 3.62. The molecular weight excluding hydrogens is 330 g/mol. The van der Waals surface area contributed by atoms with E-state index in [1.54, 1.807) is 35.6 Å². The first-order valence-corrected chi connectivity index (χ1v) is 8.72. The lowest BCUT2D eigenvalue weighted by Crippen LogP contribution is -2.07. The first-order chi connectivity index (χ1) is 11.1. The van der Waals surface area contributed by atoms with Crippen LogP contribution in [0.4, 0.5) is 5.69 Å². The standard InChI is InChI=1S/C16H13N3O2S2/c1-10(20)19-12-4-2-11(3-5-12)14(21)8-23-16-13-6-7-22-15(13)17-9-18-16/h2-7,9H,8H2,1H3,(H,19,20). The highest BCUT2D eigenvalue weighted by Crippen LogP contribution is 2.28. The van der Waals surface area contributed by atoms with Crippen molar-refractivity contribution in [1.29, 1.82) is 0 Å². The van der Waals surface area contributed by atoms with E-state index in [1.165, 1.54) is 25.0 Å². The number of anilines is 1. The van der Waals surface area contributed by atoms with Crippen LogP contribution < -0.4 is 5.32 Å². The Kier molecular flexibility index (Phi) is 4.68. The zero-order valence-corrected chi connectivity index (χ0v) is 13.9. The molecule has 0 fully saturated rings. The quantitative estimate of drug-likeness (QED) is 0.435. The number of ketones is 1. The Labute approximate surface area is 141 Å². The Bertz CT molecular complexity index is 859. The Morgan fingerprint density at radius 1 is 1.17 bits per heavy atom. The van der Waals surface area contributed by atoms with E-state index in [-0.39, 0.29) is 11.7 Å². The van der Waals surface area contributed by atoms with E-state index in [0.29, 0.717) is 17.0 Å². The number of rotatable bonds is 5. The zero-order valence-electron chi connectivity index (χ0n) is 12.3. The number of fused-ring (bicyclic) bond motifs is 1. The molecule has 1 amide bonds. The van der Waals surface area contributed by atoms with Crippen molar-refractivity contribution in [2.75, 3.05) is 11.1 Å². The van der Waals surface area contributed by atoms with Crippen molar-refractivity contribution in [3.8, 4) is 0 Å². The van der Waals surface area contributed by atoms with Crippen LogP contribution in [0.25, 0.3) is 10.2 Å². The Balaban J connectivity index is 1.67. The van der Waals surface area contributed by atoms with E-state index < -0.39 is 0 Å². The predicted molar refractivity (Wildman–Crippen MR) is 93.2 cm³/mol. The third kappa shape index (κ3) is 3.75. The van der Waals surface area contributed by atoms with Crippen molar-refractivity contribution in [3.05, 3.63) is 47.6 Å². The number of nitrogens with zero attached hydrogens (tertiary/aromatic N) is 2.